The summed E-state index contributed by atoms with van der Waals surface area (Å²) in [6.07, 6.45) is 0.919. The van der Waals surface area contributed by atoms with Crippen molar-refractivity contribution >= 4 is 17.2 Å². The van der Waals surface area contributed by atoms with Gasteiger partial charge in [-0.15, -0.1) is 0 Å². The lowest BCUT2D eigenvalue weighted by molar-refractivity contribution is -0.119. The Balaban J connectivity index is 1.77. The van der Waals surface area contributed by atoms with Crippen molar-refractivity contribution in [2.75, 3.05) is 18.0 Å². The second-order valence-electron chi connectivity index (χ2n) is 7.44. The van der Waals surface area contributed by atoms with Gasteiger partial charge in [-0.05, 0) is 31.9 Å². The van der Waals surface area contributed by atoms with E-state index in [1.807, 2.05) is 42.6 Å². The number of imidazole rings is 1. The normalized spacial score (nSPS) is 16.7. The van der Waals surface area contributed by atoms with Gasteiger partial charge in [0, 0.05) is 31.6 Å². The highest BCUT2D eigenvalue weighted by Gasteiger charge is 2.26. The Morgan fingerprint density at radius 1 is 1.29 bits per heavy atom. The van der Waals surface area contributed by atoms with Crippen LogP contribution in [-0.4, -0.2) is 44.7 Å². The minimum Gasteiger partial charge on any atom is -0.392 e. The zero-order valence-electron chi connectivity index (χ0n) is 16.4. The van der Waals surface area contributed by atoms with Gasteiger partial charge < -0.3 is 15.3 Å². The quantitative estimate of drug-likeness (QED) is 0.726. The molecule has 1 aromatic carbocycles. The van der Waals surface area contributed by atoms with Crippen molar-refractivity contribution in [3.63, 3.8) is 0 Å². The van der Waals surface area contributed by atoms with Crippen molar-refractivity contribution in [1.29, 1.82) is 0 Å². The Labute approximate surface area is 164 Å². The van der Waals surface area contributed by atoms with E-state index in [4.69, 9.17) is 10.1 Å². The molecule has 1 amide bonds. The molecule has 3 heterocycles. The van der Waals surface area contributed by atoms with Crippen LogP contribution in [0.2, 0.25) is 0 Å². The van der Waals surface area contributed by atoms with Gasteiger partial charge in [-0.25, -0.2) is 9.50 Å². The lowest BCUT2D eigenvalue weighted by atomic mass is 10.1. The fourth-order valence-corrected chi connectivity index (χ4v) is 3.95. The maximum atomic E-state index is 11.4. The Morgan fingerprint density at radius 3 is 2.71 bits per heavy atom. The van der Waals surface area contributed by atoms with Crippen LogP contribution in [0.3, 0.4) is 0 Å². The van der Waals surface area contributed by atoms with E-state index in [-0.39, 0.29) is 18.6 Å². The summed E-state index contributed by atoms with van der Waals surface area (Å²) in [5, 5.41) is 17.0. The number of aromatic nitrogens is 3. The molecule has 0 spiro atoms. The number of aliphatic hydroxyl groups is 1. The van der Waals surface area contributed by atoms with E-state index in [0.29, 0.717) is 0 Å². The second kappa shape index (κ2) is 7.24. The molecule has 7 nitrogen and oxygen atoms in total. The molecule has 2 aromatic heterocycles. The van der Waals surface area contributed by atoms with Gasteiger partial charge in [0.2, 0.25) is 5.91 Å². The smallest absolute Gasteiger partial charge is 0.217 e. The third kappa shape index (κ3) is 3.33. The number of hydrogen-bond acceptors (Lipinski definition) is 5. The van der Waals surface area contributed by atoms with Gasteiger partial charge in [0.15, 0.2) is 5.65 Å². The van der Waals surface area contributed by atoms with E-state index < -0.39 is 0 Å². The first-order valence-corrected chi connectivity index (χ1v) is 9.55. The van der Waals surface area contributed by atoms with E-state index in [1.54, 1.807) is 6.92 Å². The summed E-state index contributed by atoms with van der Waals surface area (Å²) in [7, 11) is 0. The van der Waals surface area contributed by atoms with E-state index in [9.17, 15) is 9.90 Å². The highest BCUT2D eigenvalue weighted by Crippen LogP contribution is 2.31. The number of fused-ring (bicyclic) bond motifs is 1. The van der Waals surface area contributed by atoms with Crippen molar-refractivity contribution in [2.45, 2.75) is 39.8 Å². The first-order chi connectivity index (χ1) is 13.5. The Kier molecular flexibility index (Phi) is 4.77. The molecule has 0 saturated carbocycles. The molecule has 1 aliphatic rings. The van der Waals surface area contributed by atoms with Crippen LogP contribution in [0.25, 0.3) is 16.9 Å². The fraction of sp³-hybridized carbons (Fsp3) is 0.381. The van der Waals surface area contributed by atoms with Gasteiger partial charge in [-0.1, -0.05) is 24.3 Å². The van der Waals surface area contributed by atoms with Crippen LogP contribution in [0.15, 0.2) is 30.3 Å². The summed E-state index contributed by atoms with van der Waals surface area (Å²) in [6.45, 7) is 7.20. The summed E-state index contributed by atoms with van der Waals surface area (Å²) in [6, 6.07) is 10.1. The molecule has 3 aromatic rings. The van der Waals surface area contributed by atoms with Crippen LogP contribution in [0.1, 0.15) is 30.3 Å². The maximum Gasteiger partial charge on any atom is 0.217 e. The van der Waals surface area contributed by atoms with E-state index in [2.05, 4.69) is 16.3 Å². The van der Waals surface area contributed by atoms with Gasteiger partial charge in [0.1, 0.15) is 0 Å². The molecule has 1 fully saturated rings. The van der Waals surface area contributed by atoms with Crippen LogP contribution in [0.5, 0.6) is 0 Å². The number of amides is 1. The number of carbonyl (C=O) groups excluding carboxylic acids is 1. The van der Waals surface area contributed by atoms with Gasteiger partial charge in [-0.3, -0.25) is 4.79 Å². The number of hydrogen-bond donors (Lipinski definition) is 2. The molecule has 0 radical (unpaired) electrons. The van der Waals surface area contributed by atoms with Gasteiger partial charge in [0.05, 0.1) is 29.4 Å². The van der Waals surface area contributed by atoms with E-state index in [1.165, 1.54) is 0 Å². The van der Waals surface area contributed by atoms with Crippen LogP contribution < -0.4 is 10.2 Å². The first kappa shape index (κ1) is 18.4. The zero-order chi connectivity index (χ0) is 19.8. The Bertz CT molecular complexity index is 1030. The van der Waals surface area contributed by atoms with Crippen molar-refractivity contribution in [2.24, 2.45) is 0 Å². The van der Waals surface area contributed by atoms with Crippen molar-refractivity contribution in [3.8, 4) is 11.3 Å². The molecule has 7 heteroatoms. The summed E-state index contributed by atoms with van der Waals surface area (Å²) in [5.41, 5.74) is 6.55. The topological polar surface area (TPSA) is 82.8 Å². The predicted octanol–water partition coefficient (Wildman–Crippen LogP) is 2.22. The minimum atomic E-state index is 0.00757. The summed E-state index contributed by atoms with van der Waals surface area (Å²) in [5.74, 6) is 0.00757. The van der Waals surface area contributed by atoms with Crippen LogP contribution in [0.4, 0.5) is 5.69 Å². The highest BCUT2D eigenvalue weighted by atomic mass is 16.3. The van der Waals surface area contributed by atoms with Gasteiger partial charge >= 0.3 is 0 Å². The lowest BCUT2D eigenvalue weighted by Gasteiger charge is -2.20. The standard InChI is InChI=1S/C21H25N5O2/c1-13-10-19(25-9-8-18(11-25)23-15(3)28)21-22-14(2)20(26(21)24-13)17-6-4-16(12-27)5-7-17/h4-7,10,18,27H,8-9,11-12H2,1-3H3,(H,23,28). The van der Waals surface area contributed by atoms with Crippen LogP contribution in [-0.2, 0) is 11.4 Å². The van der Waals surface area contributed by atoms with Crippen molar-refractivity contribution < 1.29 is 9.90 Å². The molecular formula is C21H25N5O2. The van der Waals surface area contributed by atoms with Crippen LogP contribution >= 0.6 is 0 Å². The molecular weight excluding hydrogens is 354 g/mol. The Hall–Kier alpha value is -2.93. The molecule has 2 N–H and O–H groups in total. The molecule has 146 valence electrons. The number of aliphatic hydroxyl groups excluding tert-OH is 1. The number of rotatable bonds is 4. The molecule has 1 atom stereocenters. The fourth-order valence-electron chi connectivity index (χ4n) is 3.95. The first-order valence-electron chi connectivity index (χ1n) is 9.55. The number of nitrogens with one attached hydrogen (secondary N) is 1. The molecule has 0 aliphatic carbocycles. The predicted molar refractivity (Wildman–Crippen MR) is 108 cm³/mol. The van der Waals surface area contributed by atoms with E-state index >= 15 is 0 Å². The second-order valence-corrected chi connectivity index (χ2v) is 7.44. The molecule has 1 aliphatic heterocycles. The average molecular weight is 379 g/mol. The summed E-state index contributed by atoms with van der Waals surface area (Å²) >= 11 is 0. The number of anilines is 1. The molecule has 1 unspecified atom stereocenters. The van der Waals surface area contributed by atoms with Crippen molar-refractivity contribution in [3.05, 3.63) is 47.3 Å². The highest BCUT2D eigenvalue weighted by molar-refractivity contribution is 5.77. The van der Waals surface area contributed by atoms with Gasteiger partial charge in [0.25, 0.3) is 0 Å². The monoisotopic (exact) mass is 379 g/mol. The number of aryl methyl sites for hydroxylation is 2. The lowest BCUT2D eigenvalue weighted by Crippen LogP contribution is -2.35. The third-order valence-corrected chi connectivity index (χ3v) is 5.21. The van der Waals surface area contributed by atoms with Crippen molar-refractivity contribution in [1.82, 2.24) is 19.9 Å². The molecule has 1 saturated heterocycles. The number of carbonyl (C=O) groups is 1. The molecule has 0 bridgehead atoms. The Morgan fingerprint density at radius 2 is 2.04 bits per heavy atom. The molecule has 4 rings (SSSR count). The molecule has 28 heavy (non-hydrogen) atoms. The number of benzene rings is 1. The maximum absolute atomic E-state index is 11.4. The SMILES string of the molecule is CC(=O)NC1CCN(c2cc(C)nn3c(-c4ccc(CO)cc4)c(C)nc23)C1. The third-order valence-electron chi connectivity index (χ3n) is 5.21. The largest absolute Gasteiger partial charge is 0.392 e. The summed E-state index contributed by atoms with van der Waals surface area (Å²) < 4.78 is 1.92. The van der Waals surface area contributed by atoms with Gasteiger partial charge in [-0.2, -0.15) is 5.10 Å². The number of nitrogens with zero attached hydrogens (tertiary/aromatic N) is 4. The minimum absolute atomic E-state index is 0.00757. The van der Waals surface area contributed by atoms with Crippen LogP contribution in [0, 0.1) is 13.8 Å². The summed E-state index contributed by atoms with van der Waals surface area (Å²) in [4.78, 5) is 18.5. The average Bonchev–Trinajstić information content (AvgIpc) is 3.24. The zero-order valence-corrected chi connectivity index (χ0v) is 16.4. The van der Waals surface area contributed by atoms with E-state index in [0.717, 1.165) is 59.1 Å².